The standard InChI is InChI=1S/C21H22F3N3O6/c1-31-17-9-12(10-25-19(17)32-2)20(30)27-8-7-14(15(28)11-27)26-18(29)13-5-3-4-6-16(13)33-21(22,23)24/h3-6,9-10,14-15,28H,7-8,11H2,1-2H3,(H,26,29)/t14-,15-/m1/s1. The zero-order chi connectivity index (χ0) is 24.2. The minimum absolute atomic E-state index is 0.0984. The Bertz CT molecular complexity index is 1020. The highest BCUT2D eigenvalue weighted by atomic mass is 19.4. The molecule has 1 aliphatic rings. The van der Waals surface area contributed by atoms with Crippen molar-refractivity contribution in [1.29, 1.82) is 0 Å². The highest BCUT2D eigenvalue weighted by Crippen LogP contribution is 2.27. The van der Waals surface area contributed by atoms with Crippen LogP contribution in [0.1, 0.15) is 27.1 Å². The summed E-state index contributed by atoms with van der Waals surface area (Å²) in [6.07, 6.45) is -4.60. The van der Waals surface area contributed by atoms with Crippen LogP contribution in [0.2, 0.25) is 0 Å². The van der Waals surface area contributed by atoms with E-state index in [2.05, 4.69) is 15.0 Å². The fourth-order valence-corrected chi connectivity index (χ4v) is 3.43. The number of hydrogen-bond acceptors (Lipinski definition) is 7. The van der Waals surface area contributed by atoms with E-state index < -0.39 is 36.1 Å². The zero-order valence-corrected chi connectivity index (χ0v) is 17.8. The number of ether oxygens (including phenoxy) is 3. The van der Waals surface area contributed by atoms with Gasteiger partial charge in [-0.05, 0) is 18.6 Å². The number of pyridine rings is 1. The molecule has 2 aromatic rings. The van der Waals surface area contributed by atoms with Gasteiger partial charge in [-0.3, -0.25) is 9.59 Å². The van der Waals surface area contributed by atoms with Crippen molar-refractivity contribution in [3.63, 3.8) is 0 Å². The van der Waals surface area contributed by atoms with Crippen LogP contribution in [0.5, 0.6) is 17.4 Å². The molecule has 1 aromatic heterocycles. The lowest BCUT2D eigenvalue weighted by atomic mass is 10.0. The van der Waals surface area contributed by atoms with Crippen molar-refractivity contribution >= 4 is 11.8 Å². The Labute approximate surface area is 187 Å². The largest absolute Gasteiger partial charge is 0.573 e. The Morgan fingerprint density at radius 3 is 2.55 bits per heavy atom. The van der Waals surface area contributed by atoms with E-state index in [1.807, 2.05) is 0 Å². The van der Waals surface area contributed by atoms with Crippen LogP contribution in [-0.4, -0.2) is 72.6 Å². The molecule has 1 aromatic carbocycles. The second-order valence-corrected chi connectivity index (χ2v) is 7.17. The van der Waals surface area contributed by atoms with E-state index >= 15 is 0 Å². The zero-order valence-electron chi connectivity index (χ0n) is 17.8. The van der Waals surface area contributed by atoms with Gasteiger partial charge in [0.25, 0.3) is 17.7 Å². The van der Waals surface area contributed by atoms with Crippen LogP contribution in [-0.2, 0) is 0 Å². The van der Waals surface area contributed by atoms with Gasteiger partial charge in [0, 0.05) is 25.4 Å². The smallest absolute Gasteiger partial charge is 0.491 e. The van der Waals surface area contributed by atoms with Gasteiger partial charge in [-0.2, -0.15) is 0 Å². The molecule has 2 N–H and O–H groups in total. The normalized spacial score (nSPS) is 18.4. The van der Waals surface area contributed by atoms with Gasteiger partial charge in [0.2, 0.25) is 0 Å². The number of benzene rings is 1. The Kier molecular flexibility index (Phi) is 7.26. The molecule has 1 fully saturated rings. The van der Waals surface area contributed by atoms with Crippen molar-refractivity contribution in [3.05, 3.63) is 47.7 Å². The van der Waals surface area contributed by atoms with Crippen LogP contribution in [0.25, 0.3) is 0 Å². The summed E-state index contributed by atoms with van der Waals surface area (Å²) in [5, 5.41) is 13.0. The quantitative estimate of drug-likeness (QED) is 0.666. The maximum absolute atomic E-state index is 12.8. The number of halogens is 3. The molecule has 1 saturated heterocycles. The molecular formula is C21H22F3N3O6. The topological polar surface area (TPSA) is 110 Å². The summed E-state index contributed by atoms with van der Waals surface area (Å²) in [5.41, 5.74) is -0.0995. The lowest BCUT2D eigenvalue weighted by Crippen LogP contribution is -2.55. The first-order valence-corrected chi connectivity index (χ1v) is 9.84. The molecule has 9 nitrogen and oxygen atoms in total. The number of aliphatic hydroxyl groups is 1. The molecule has 2 amide bonds. The number of aliphatic hydroxyl groups excluding tert-OH is 1. The number of piperidine rings is 1. The third kappa shape index (κ3) is 5.83. The van der Waals surface area contributed by atoms with Crippen molar-refractivity contribution in [1.82, 2.24) is 15.2 Å². The van der Waals surface area contributed by atoms with Gasteiger partial charge in [0.05, 0.1) is 37.5 Å². The van der Waals surface area contributed by atoms with Crippen LogP contribution in [0.4, 0.5) is 13.2 Å². The van der Waals surface area contributed by atoms with Gasteiger partial charge in [-0.25, -0.2) is 4.98 Å². The average molecular weight is 469 g/mol. The number of para-hydroxylation sites is 1. The predicted molar refractivity (Wildman–Crippen MR) is 108 cm³/mol. The van der Waals surface area contributed by atoms with E-state index in [-0.39, 0.29) is 42.3 Å². The number of alkyl halides is 3. The first-order valence-electron chi connectivity index (χ1n) is 9.84. The number of amides is 2. The summed E-state index contributed by atoms with van der Waals surface area (Å²) in [5.74, 6) is -1.40. The van der Waals surface area contributed by atoms with Gasteiger partial charge in [0.15, 0.2) is 5.75 Å². The van der Waals surface area contributed by atoms with Crippen LogP contribution >= 0.6 is 0 Å². The molecule has 1 aliphatic heterocycles. The van der Waals surface area contributed by atoms with Crippen LogP contribution < -0.4 is 19.5 Å². The van der Waals surface area contributed by atoms with Gasteiger partial charge >= 0.3 is 6.36 Å². The summed E-state index contributed by atoms with van der Waals surface area (Å²) in [7, 11) is 2.82. The van der Waals surface area contributed by atoms with Gasteiger partial charge in [0.1, 0.15) is 5.75 Å². The lowest BCUT2D eigenvalue weighted by molar-refractivity contribution is -0.274. The molecule has 0 radical (unpaired) electrons. The minimum atomic E-state index is -4.96. The lowest BCUT2D eigenvalue weighted by Gasteiger charge is -2.36. The molecule has 2 atom stereocenters. The summed E-state index contributed by atoms with van der Waals surface area (Å²) < 4.78 is 51.9. The fraction of sp³-hybridized carbons (Fsp3) is 0.381. The molecule has 178 valence electrons. The van der Waals surface area contributed by atoms with Gasteiger partial charge < -0.3 is 29.5 Å². The van der Waals surface area contributed by atoms with E-state index in [1.54, 1.807) is 0 Å². The van der Waals surface area contributed by atoms with E-state index in [1.165, 1.54) is 49.6 Å². The third-order valence-corrected chi connectivity index (χ3v) is 5.02. The first-order chi connectivity index (χ1) is 15.6. The van der Waals surface area contributed by atoms with E-state index in [4.69, 9.17) is 9.47 Å². The number of carbonyl (C=O) groups excluding carboxylic acids is 2. The summed E-state index contributed by atoms with van der Waals surface area (Å²) in [4.78, 5) is 30.8. The van der Waals surface area contributed by atoms with Crippen molar-refractivity contribution < 1.29 is 42.1 Å². The van der Waals surface area contributed by atoms with E-state index in [0.29, 0.717) is 0 Å². The van der Waals surface area contributed by atoms with Crippen molar-refractivity contribution in [2.24, 2.45) is 0 Å². The number of rotatable bonds is 6. The summed E-state index contributed by atoms with van der Waals surface area (Å²) >= 11 is 0. The average Bonchev–Trinajstić information content (AvgIpc) is 2.78. The molecule has 0 bridgehead atoms. The fourth-order valence-electron chi connectivity index (χ4n) is 3.43. The highest BCUT2D eigenvalue weighted by molar-refractivity contribution is 5.97. The molecular weight excluding hydrogens is 447 g/mol. The molecule has 2 heterocycles. The number of aromatic nitrogens is 1. The van der Waals surface area contributed by atoms with E-state index in [0.717, 1.165) is 6.07 Å². The molecule has 0 aliphatic carbocycles. The van der Waals surface area contributed by atoms with Gasteiger partial charge in [-0.1, -0.05) is 12.1 Å². The molecule has 3 rings (SSSR count). The second kappa shape index (κ2) is 9.94. The second-order valence-electron chi connectivity index (χ2n) is 7.17. The van der Waals surface area contributed by atoms with Crippen LogP contribution in [0.15, 0.2) is 36.5 Å². The number of methoxy groups -OCH3 is 2. The van der Waals surface area contributed by atoms with Crippen molar-refractivity contribution in [2.75, 3.05) is 27.3 Å². The minimum Gasteiger partial charge on any atom is -0.491 e. The first kappa shape index (κ1) is 24.1. The number of likely N-dealkylation sites (tertiary alicyclic amines) is 1. The summed E-state index contributed by atoms with van der Waals surface area (Å²) in [6.45, 7) is 0.0920. The number of nitrogens with zero attached hydrogens (tertiary/aromatic N) is 2. The van der Waals surface area contributed by atoms with Crippen molar-refractivity contribution in [3.8, 4) is 17.4 Å². The number of β-amino-alcohol motifs (C(OH)–C–C–N with tert-alkyl or cyclic N) is 1. The Morgan fingerprint density at radius 2 is 1.91 bits per heavy atom. The van der Waals surface area contributed by atoms with E-state index in [9.17, 15) is 27.9 Å². The Balaban J connectivity index is 1.65. The Morgan fingerprint density at radius 1 is 1.18 bits per heavy atom. The third-order valence-electron chi connectivity index (χ3n) is 5.02. The molecule has 0 saturated carbocycles. The summed E-state index contributed by atoms with van der Waals surface area (Å²) in [6, 6.07) is 5.60. The SMILES string of the molecule is COc1cc(C(=O)N2CC[C@@H](NC(=O)c3ccccc3OC(F)(F)F)[C@H](O)C2)cnc1OC. The molecule has 0 spiro atoms. The van der Waals surface area contributed by atoms with Crippen LogP contribution in [0, 0.1) is 0 Å². The maximum Gasteiger partial charge on any atom is 0.573 e. The molecule has 12 heteroatoms. The highest BCUT2D eigenvalue weighted by Gasteiger charge is 2.35. The number of nitrogens with one attached hydrogen (secondary N) is 1. The van der Waals surface area contributed by atoms with Gasteiger partial charge in [-0.15, -0.1) is 13.2 Å². The van der Waals surface area contributed by atoms with Crippen molar-refractivity contribution in [2.45, 2.75) is 24.9 Å². The monoisotopic (exact) mass is 469 g/mol. The number of hydrogen-bond donors (Lipinski definition) is 2. The molecule has 33 heavy (non-hydrogen) atoms. The Hall–Kier alpha value is -3.54. The molecule has 0 unspecified atom stereocenters. The number of carbonyl (C=O) groups is 2. The van der Waals surface area contributed by atoms with Crippen LogP contribution in [0.3, 0.4) is 0 Å². The maximum atomic E-state index is 12.8. The predicted octanol–water partition coefficient (Wildman–Crippen LogP) is 2.00.